The summed E-state index contributed by atoms with van der Waals surface area (Å²) in [5.41, 5.74) is 0. The van der Waals surface area contributed by atoms with Gasteiger partial charge in [0.05, 0.1) is 0 Å². The fourth-order valence-electron chi connectivity index (χ4n) is 0. The van der Waals surface area contributed by atoms with Crippen LogP contribution in [0.25, 0.3) is 0 Å². The maximum Gasteiger partial charge on any atom is 0.0428 e. The molecule has 3 heteroatoms. The normalized spacial score (nSPS) is 5.00. The summed E-state index contributed by atoms with van der Waals surface area (Å²) in [6.45, 7) is 2.25. The third kappa shape index (κ3) is 19.7. The van der Waals surface area contributed by atoms with Crippen LogP contribution in [0.4, 0.5) is 0 Å². The van der Waals surface area contributed by atoms with Crippen molar-refractivity contribution in [3.05, 3.63) is 0 Å². The molecule has 0 saturated carbocycles. The van der Waals surface area contributed by atoms with E-state index in [1.54, 1.807) is 0 Å². The summed E-state index contributed by atoms with van der Waals surface area (Å²) in [6.07, 6.45) is 0.875. The van der Waals surface area contributed by atoms with Crippen LogP contribution in [-0.4, -0.2) is 11.7 Å². The summed E-state index contributed by atoms with van der Waals surface area (Å²) in [5, 5.41) is 7.88. The first-order valence-electron chi connectivity index (χ1n) is 1.52. The average molecular weight is 291 g/mol. The van der Waals surface area contributed by atoms with Crippen LogP contribution in [0.3, 0.4) is 0 Å². The van der Waals surface area contributed by atoms with Gasteiger partial charge in [-0.15, -0.1) is 0 Å². The molecule has 0 aliphatic carbocycles. The number of aliphatic hydroxyl groups is 1. The van der Waals surface area contributed by atoms with Gasteiger partial charge in [-0.2, -0.15) is 13.5 Å². The largest absolute Gasteiger partial charge is 0.396 e. The minimum atomic E-state index is 0. The van der Waals surface area contributed by atoms with E-state index < -0.39 is 0 Å². The van der Waals surface area contributed by atoms with Crippen molar-refractivity contribution < 1.29 is 27.5 Å². The summed E-state index contributed by atoms with van der Waals surface area (Å²) in [5.74, 6) is 0. The second kappa shape index (κ2) is 16.6. The van der Waals surface area contributed by atoms with Crippen molar-refractivity contribution in [1.29, 1.82) is 0 Å². The van der Waals surface area contributed by atoms with E-state index in [0.717, 1.165) is 6.42 Å². The Hall–Kier alpha value is 1.05. The molecule has 0 aromatic rings. The first-order chi connectivity index (χ1) is 1.91. The van der Waals surface area contributed by atoms with Gasteiger partial charge in [0.1, 0.15) is 0 Å². The van der Waals surface area contributed by atoms with E-state index in [4.69, 9.17) is 5.11 Å². The Balaban J connectivity index is -0.0000000450. The summed E-state index contributed by atoms with van der Waals surface area (Å²) >= 11 is 0. The standard InChI is InChI=1S/C3H8O.Au.H2S/c1-2-3-4;;/h4H,2-3H2,1H3;;1H2. The first-order valence-corrected chi connectivity index (χ1v) is 1.52. The fraction of sp³-hybridized carbons (Fsp3) is 1.00. The molecule has 0 bridgehead atoms. The van der Waals surface area contributed by atoms with E-state index >= 15 is 0 Å². The maximum atomic E-state index is 7.88. The summed E-state index contributed by atoms with van der Waals surface area (Å²) < 4.78 is 0. The van der Waals surface area contributed by atoms with Gasteiger partial charge in [0.15, 0.2) is 0 Å². The van der Waals surface area contributed by atoms with Gasteiger partial charge in [-0.3, -0.25) is 0 Å². The summed E-state index contributed by atoms with van der Waals surface area (Å²) in [4.78, 5) is 0. The number of hydrogen-bond donors (Lipinski definition) is 1. The summed E-state index contributed by atoms with van der Waals surface area (Å²) in [7, 11) is 0. The van der Waals surface area contributed by atoms with E-state index in [1.807, 2.05) is 6.92 Å². The van der Waals surface area contributed by atoms with Crippen molar-refractivity contribution in [3.8, 4) is 0 Å². The van der Waals surface area contributed by atoms with Crippen molar-refractivity contribution in [2.45, 2.75) is 13.3 Å². The molecule has 0 atom stereocenters. The van der Waals surface area contributed by atoms with Gasteiger partial charge in [0.2, 0.25) is 0 Å². The second-order valence-electron chi connectivity index (χ2n) is 0.724. The molecule has 0 unspecified atom stereocenters. The predicted octanol–water partition coefficient (Wildman–Crippen LogP) is 0.499. The molecule has 0 fully saturated rings. The zero-order valence-corrected chi connectivity index (χ0v) is 6.83. The van der Waals surface area contributed by atoms with E-state index in [-0.39, 0.29) is 35.9 Å². The van der Waals surface area contributed by atoms with Crippen molar-refractivity contribution in [1.82, 2.24) is 0 Å². The third-order valence-electron chi connectivity index (χ3n) is 0.224. The summed E-state index contributed by atoms with van der Waals surface area (Å²) in [6, 6.07) is 0. The molecule has 1 nitrogen and oxygen atoms in total. The molecule has 0 aliphatic heterocycles. The number of rotatable bonds is 1. The molecule has 0 aliphatic rings. The first kappa shape index (κ1) is 15.7. The van der Waals surface area contributed by atoms with Crippen LogP contribution >= 0.6 is 13.5 Å². The fourth-order valence-corrected chi connectivity index (χ4v) is 0. The zero-order valence-electron chi connectivity index (χ0n) is 3.66. The molecule has 0 rings (SSSR count). The predicted molar refractivity (Wildman–Crippen MR) is 27.8 cm³/mol. The minimum Gasteiger partial charge on any atom is -0.396 e. The Morgan fingerprint density at radius 2 is 1.67 bits per heavy atom. The molecular weight excluding hydrogens is 281 g/mol. The van der Waals surface area contributed by atoms with E-state index in [1.165, 1.54) is 0 Å². The SMILES string of the molecule is CCCO.S.[Au]. The second-order valence-corrected chi connectivity index (χ2v) is 0.724. The van der Waals surface area contributed by atoms with Crippen LogP contribution in [0.2, 0.25) is 0 Å². The molecule has 0 aromatic carbocycles. The number of hydrogen-bond acceptors (Lipinski definition) is 1. The van der Waals surface area contributed by atoms with Gasteiger partial charge >= 0.3 is 0 Å². The minimum absolute atomic E-state index is 0. The Morgan fingerprint density at radius 1 is 1.50 bits per heavy atom. The Bertz CT molecular complexity index is 12.8. The molecule has 6 heavy (non-hydrogen) atoms. The average Bonchev–Trinajstić information content (AvgIpc) is 1.37. The molecule has 0 spiro atoms. The molecule has 1 radical (unpaired) electrons. The Labute approximate surface area is 61.1 Å². The molecule has 0 saturated heterocycles. The van der Waals surface area contributed by atoms with E-state index in [0.29, 0.717) is 6.61 Å². The van der Waals surface area contributed by atoms with E-state index in [9.17, 15) is 0 Å². The van der Waals surface area contributed by atoms with Crippen LogP contribution in [-0.2, 0) is 22.4 Å². The van der Waals surface area contributed by atoms with Gasteiger partial charge in [-0.05, 0) is 6.42 Å². The molecule has 0 heterocycles. The van der Waals surface area contributed by atoms with Crippen LogP contribution in [0, 0.1) is 0 Å². The van der Waals surface area contributed by atoms with Crippen LogP contribution in [0.5, 0.6) is 0 Å². The molecule has 1 N–H and O–H groups in total. The Kier molecular flexibility index (Phi) is 43.5. The molecular formula is C3H10AuOS. The zero-order chi connectivity index (χ0) is 3.41. The molecule has 0 amide bonds. The van der Waals surface area contributed by atoms with Gasteiger partial charge in [0.25, 0.3) is 0 Å². The monoisotopic (exact) mass is 291 g/mol. The third-order valence-corrected chi connectivity index (χ3v) is 0.224. The maximum absolute atomic E-state index is 7.88. The van der Waals surface area contributed by atoms with Crippen molar-refractivity contribution in [2.75, 3.05) is 6.61 Å². The molecule has 0 aromatic heterocycles. The van der Waals surface area contributed by atoms with Gasteiger partial charge < -0.3 is 5.11 Å². The topological polar surface area (TPSA) is 20.2 Å². The van der Waals surface area contributed by atoms with E-state index in [2.05, 4.69) is 0 Å². The van der Waals surface area contributed by atoms with Crippen molar-refractivity contribution in [3.63, 3.8) is 0 Å². The smallest absolute Gasteiger partial charge is 0.0428 e. The van der Waals surface area contributed by atoms with Gasteiger partial charge in [0, 0.05) is 29.0 Å². The number of aliphatic hydroxyl groups excluding tert-OH is 1. The van der Waals surface area contributed by atoms with Gasteiger partial charge in [-0.25, -0.2) is 0 Å². The quantitative estimate of drug-likeness (QED) is 0.698. The van der Waals surface area contributed by atoms with Crippen LogP contribution < -0.4 is 0 Å². The van der Waals surface area contributed by atoms with Crippen molar-refractivity contribution >= 4 is 13.5 Å². The Morgan fingerprint density at radius 3 is 1.67 bits per heavy atom. The van der Waals surface area contributed by atoms with Gasteiger partial charge in [-0.1, -0.05) is 6.92 Å². The van der Waals surface area contributed by atoms with Crippen LogP contribution in [0.1, 0.15) is 13.3 Å². The van der Waals surface area contributed by atoms with Crippen LogP contribution in [0.15, 0.2) is 0 Å². The molecule has 45 valence electrons. The van der Waals surface area contributed by atoms with Crippen molar-refractivity contribution in [2.24, 2.45) is 0 Å².